The van der Waals surface area contributed by atoms with Crippen molar-refractivity contribution in [1.82, 2.24) is 5.32 Å². The number of hydrogen-bond donors (Lipinski definition) is 1. The minimum Gasteiger partial charge on any atom is -0.379 e. The lowest BCUT2D eigenvalue weighted by Crippen LogP contribution is -2.66. The Labute approximate surface area is 181 Å². The number of carbonyl (C=O) groups excluding carboxylic acids is 2. The van der Waals surface area contributed by atoms with E-state index >= 15 is 0 Å². The first-order chi connectivity index (χ1) is 14.6. The molecule has 0 aliphatic carbocycles. The molecule has 1 saturated heterocycles. The number of ether oxygens (including phenoxy) is 5. The van der Waals surface area contributed by atoms with Crippen molar-refractivity contribution in [3.63, 3.8) is 0 Å². The van der Waals surface area contributed by atoms with Gasteiger partial charge in [0, 0.05) is 26.7 Å². The van der Waals surface area contributed by atoms with E-state index < -0.39 is 30.6 Å². The Kier molecular flexibility index (Phi) is 14.9. The van der Waals surface area contributed by atoms with Gasteiger partial charge in [0.15, 0.2) is 6.29 Å². The van der Waals surface area contributed by atoms with Crippen LogP contribution in [0.25, 0.3) is 0 Å². The Morgan fingerprint density at radius 3 is 2.17 bits per heavy atom. The van der Waals surface area contributed by atoms with Crippen LogP contribution < -0.4 is 5.32 Å². The number of amides is 1. The van der Waals surface area contributed by atoms with Gasteiger partial charge < -0.3 is 33.8 Å². The molecule has 0 radical (unpaired) electrons. The topological polar surface area (TPSA) is 92.3 Å². The summed E-state index contributed by atoms with van der Waals surface area (Å²) < 4.78 is 30.0. The molecule has 0 bridgehead atoms. The highest BCUT2D eigenvalue weighted by Gasteiger charge is 2.48. The summed E-state index contributed by atoms with van der Waals surface area (Å²) in [5.74, 6) is -0.225. The molecule has 30 heavy (non-hydrogen) atoms. The van der Waals surface area contributed by atoms with E-state index in [4.69, 9.17) is 23.7 Å². The number of rotatable bonds is 17. The predicted octanol–water partition coefficient (Wildman–Crippen LogP) is 2.62. The number of nitrogens with one attached hydrogen (secondary N) is 1. The first-order valence-electron chi connectivity index (χ1n) is 11.4. The third-order valence-electron chi connectivity index (χ3n) is 4.89. The molecule has 1 aliphatic rings. The van der Waals surface area contributed by atoms with E-state index in [2.05, 4.69) is 26.1 Å². The molecular weight excluding hydrogens is 390 g/mol. The van der Waals surface area contributed by atoms with Crippen molar-refractivity contribution in [2.45, 2.75) is 96.9 Å². The molecule has 0 aromatic rings. The molecule has 1 heterocycles. The third-order valence-corrected chi connectivity index (χ3v) is 4.89. The van der Waals surface area contributed by atoms with E-state index in [1.807, 2.05) is 0 Å². The molecule has 8 heteroatoms. The highest BCUT2D eigenvalue weighted by Crippen LogP contribution is 2.28. The van der Waals surface area contributed by atoms with Gasteiger partial charge in [-0.15, -0.1) is 0 Å². The minimum absolute atomic E-state index is 0.0977. The summed E-state index contributed by atoms with van der Waals surface area (Å²) in [7, 11) is 0. The summed E-state index contributed by atoms with van der Waals surface area (Å²) in [4.78, 5) is 22.9. The molecular formula is C22H41NO7. The summed E-state index contributed by atoms with van der Waals surface area (Å²) in [6, 6.07) is -0.585. The van der Waals surface area contributed by atoms with Gasteiger partial charge in [0.05, 0.1) is 6.61 Å². The Bertz CT molecular complexity index is 463. The first-order valence-corrected chi connectivity index (χ1v) is 11.4. The summed E-state index contributed by atoms with van der Waals surface area (Å²) in [6.45, 7) is 9.61. The molecule has 2 unspecified atom stereocenters. The van der Waals surface area contributed by atoms with E-state index in [1.165, 1.54) is 6.92 Å². The summed E-state index contributed by atoms with van der Waals surface area (Å²) >= 11 is 0. The van der Waals surface area contributed by atoms with Crippen molar-refractivity contribution in [2.75, 3.05) is 33.0 Å². The molecule has 5 atom stereocenters. The van der Waals surface area contributed by atoms with Gasteiger partial charge in [-0.3, -0.25) is 4.79 Å². The molecule has 0 aromatic heterocycles. The predicted molar refractivity (Wildman–Crippen MR) is 113 cm³/mol. The van der Waals surface area contributed by atoms with Gasteiger partial charge >= 0.3 is 0 Å². The highest BCUT2D eigenvalue weighted by atomic mass is 16.7. The third kappa shape index (κ3) is 9.83. The molecule has 1 aliphatic heterocycles. The van der Waals surface area contributed by atoms with Gasteiger partial charge in [0.25, 0.3) is 0 Å². The Morgan fingerprint density at radius 2 is 1.57 bits per heavy atom. The smallest absolute Gasteiger partial charge is 0.217 e. The zero-order valence-corrected chi connectivity index (χ0v) is 19.1. The van der Waals surface area contributed by atoms with Gasteiger partial charge in [-0.05, 0) is 19.3 Å². The van der Waals surface area contributed by atoms with Crippen molar-refractivity contribution >= 4 is 12.2 Å². The van der Waals surface area contributed by atoms with Crippen LogP contribution in [-0.4, -0.2) is 75.9 Å². The molecule has 1 N–H and O–H groups in total. The quantitative estimate of drug-likeness (QED) is 0.280. The van der Waals surface area contributed by atoms with E-state index in [9.17, 15) is 9.59 Å². The van der Waals surface area contributed by atoms with Crippen molar-refractivity contribution in [2.24, 2.45) is 0 Å². The van der Waals surface area contributed by atoms with Gasteiger partial charge in [-0.25, -0.2) is 0 Å². The average molecular weight is 432 g/mol. The molecule has 1 rings (SSSR count). The van der Waals surface area contributed by atoms with Crippen LogP contribution in [0.2, 0.25) is 0 Å². The van der Waals surface area contributed by atoms with Gasteiger partial charge in [0.1, 0.15) is 37.2 Å². The van der Waals surface area contributed by atoms with E-state index in [-0.39, 0.29) is 12.5 Å². The van der Waals surface area contributed by atoms with Crippen molar-refractivity contribution in [3.8, 4) is 0 Å². The zero-order chi connectivity index (χ0) is 22.2. The first kappa shape index (κ1) is 27.0. The maximum Gasteiger partial charge on any atom is 0.217 e. The highest BCUT2D eigenvalue weighted by molar-refractivity contribution is 5.73. The van der Waals surface area contributed by atoms with Crippen LogP contribution in [0.3, 0.4) is 0 Å². The average Bonchev–Trinajstić information content (AvgIpc) is 2.72. The fourth-order valence-electron chi connectivity index (χ4n) is 3.27. The fraction of sp³-hybridized carbons (Fsp3) is 0.909. The normalized spacial score (nSPS) is 26.5. The SMILES string of the molecule is CCCCOCC1O[C@H](OCCCC)C(NC(C)=O)[C@@H](OCC=O)[C@@H]1OCCCC. The summed E-state index contributed by atoms with van der Waals surface area (Å²) in [5.41, 5.74) is 0. The van der Waals surface area contributed by atoms with Gasteiger partial charge in [-0.2, -0.15) is 0 Å². The van der Waals surface area contributed by atoms with Crippen LogP contribution in [0.5, 0.6) is 0 Å². The lowest BCUT2D eigenvalue weighted by Gasteiger charge is -2.46. The van der Waals surface area contributed by atoms with Crippen molar-refractivity contribution in [3.05, 3.63) is 0 Å². The molecule has 0 saturated carbocycles. The molecule has 8 nitrogen and oxygen atoms in total. The molecule has 0 aromatic carbocycles. The Hall–Kier alpha value is -1.06. The maximum atomic E-state index is 11.9. The maximum absolute atomic E-state index is 11.9. The van der Waals surface area contributed by atoms with Crippen molar-refractivity contribution in [1.29, 1.82) is 0 Å². The van der Waals surface area contributed by atoms with Crippen LogP contribution in [0, 0.1) is 0 Å². The standard InChI is InChI=1S/C22H41NO7/c1-5-8-12-26-16-18-20(27-13-9-6-2)21(28-15-11-24)19(23-17(4)25)22(30-18)29-14-10-7-3/h11,18-22H,5-10,12-16H2,1-4H3,(H,23,25)/t18?,19?,20-,21-,22+/m1/s1. The van der Waals surface area contributed by atoms with Crippen LogP contribution in [-0.2, 0) is 33.3 Å². The van der Waals surface area contributed by atoms with E-state index in [0.717, 1.165) is 38.5 Å². The summed E-state index contributed by atoms with van der Waals surface area (Å²) in [5, 5.41) is 2.88. The Morgan fingerprint density at radius 1 is 0.933 bits per heavy atom. The molecule has 176 valence electrons. The second kappa shape index (κ2) is 16.6. The Balaban J connectivity index is 3.05. The minimum atomic E-state index is -0.706. The molecule has 1 amide bonds. The van der Waals surface area contributed by atoms with Crippen LogP contribution in [0.1, 0.15) is 66.2 Å². The lowest BCUT2D eigenvalue weighted by molar-refractivity contribution is -0.286. The fourth-order valence-corrected chi connectivity index (χ4v) is 3.27. The molecule has 1 fully saturated rings. The van der Waals surface area contributed by atoms with Crippen LogP contribution >= 0.6 is 0 Å². The second-order valence-corrected chi connectivity index (χ2v) is 7.58. The number of aldehydes is 1. The largest absolute Gasteiger partial charge is 0.379 e. The van der Waals surface area contributed by atoms with Crippen LogP contribution in [0.15, 0.2) is 0 Å². The second-order valence-electron chi connectivity index (χ2n) is 7.58. The number of hydrogen-bond acceptors (Lipinski definition) is 7. The zero-order valence-electron chi connectivity index (χ0n) is 19.1. The summed E-state index contributed by atoms with van der Waals surface area (Å²) in [6.07, 6.45) is 4.24. The van der Waals surface area contributed by atoms with Crippen molar-refractivity contribution < 1.29 is 33.3 Å². The van der Waals surface area contributed by atoms with Crippen LogP contribution in [0.4, 0.5) is 0 Å². The lowest BCUT2D eigenvalue weighted by atomic mass is 9.96. The monoisotopic (exact) mass is 431 g/mol. The molecule has 0 spiro atoms. The van der Waals surface area contributed by atoms with Gasteiger partial charge in [-0.1, -0.05) is 40.0 Å². The van der Waals surface area contributed by atoms with Gasteiger partial charge in [0.2, 0.25) is 5.91 Å². The number of unbranched alkanes of at least 4 members (excludes halogenated alkanes) is 3. The van der Waals surface area contributed by atoms with E-state index in [1.54, 1.807) is 0 Å². The number of carbonyl (C=O) groups is 2. The van der Waals surface area contributed by atoms with E-state index in [0.29, 0.717) is 32.7 Å².